The fourth-order valence-electron chi connectivity index (χ4n) is 5.74. The molecule has 3 aliphatic rings. The van der Waals surface area contributed by atoms with Gasteiger partial charge in [-0.3, -0.25) is 5.32 Å². The highest BCUT2D eigenvalue weighted by molar-refractivity contribution is 5.89. The number of likely N-dealkylation sites (tertiary alicyclic amines) is 1. The van der Waals surface area contributed by atoms with Crippen molar-refractivity contribution in [3.05, 3.63) is 83.1 Å². The summed E-state index contributed by atoms with van der Waals surface area (Å²) in [4.78, 5) is 19.3. The summed E-state index contributed by atoms with van der Waals surface area (Å²) < 4.78 is 17.8. The second-order valence-corrected chi connectivity index (χ2v) is 9.99. The Kier molecular flexibility index (Phi) is 6.08. The number of nitrogens with one attached hydrogen (secondary N) is 1. The molecule has 3 aliphatic heterocycles. The molecular weight excluding hydrogens is 466 g/mol. The molecule has 1 N–H and O–H groups in total. The normalized spacial score (nSPS) is 19.1. The summed E-state index contributed by atoms with van der Waals surface area (Å²) in [7, 11) is 1.69. The topological polar surface area (TPSA) is 72.9 Å². The molecule has 0 aliphatic carbocycles. The number of anilines is 1. The van der Waals surface area contributed by atoms with Crippen LogP contribution in [0.2, 0.25) is 0 Å². The highest BCUT2D eigenvalue weighted by Gasteiger charge is 2.44. The van der Waals surface area contributed by atoms with E-state index in [1.54, 1.807) is 13.3 Å². The number of methoxy groups -OCH3 is 1. The van der Waals surface area contributed by atoms with Crippen molar-refractivity contribution in [2.75, 3.05) is 32.1 Å². The zero-order valence-electron chi connectivity index (χ0n) is 21.3. The lowest BCUT2D eigenvalue weighted by Crippen LogP contribution is -2.48. The van der Waals surface area contributed by atoms with Gasteiger partial charge in [0.2, 0.25) is 5.88 Å². The van der Waals surface area contributed by atoms with Crippen LogP contribution in [0.15, 0.2) is 60.8 Å². The lowest BCUT2D eigenvalue weighted by molar-refractivity contribution is -0.0375. The van der Waals surface area contributed by atoms with Crippen LogP contribution in [0.25, 0.3) is 5.57 Å². The minimum Gasteiger partial charge on any atom is -0.496 e. The fraction of sp³-hybridized carbons (Fsp3) is 0.333. The van der Waals surface area contributed by atoms with E-state index in [2.05, 4.69) is 40.3 Å². The molecule has 0 saturated carbocycles. The van der Waals surface area contributed by atoms with Crippen LogP contribution in [0.1, 0.15) is 41.5 Å². The summed E-state index contributed by atoms with van der Waals surface area (Å²) in [5, 5.41) is 2.86. The van der Waals surface area contributed by atoms with Crippen LogP contribution in [0, 0.1) is 6.92 Å². The van der Waals surface area contributed by atoms with Crippen LogP contribution in [0.4, 0.5) is 10.5 Å². The Morgan fingerprint density at radius 3 is 2.86 bits per heavy atom. The number of allylic oxidation sites excluding steroid dienone is 1. The Hall–Kier alpha value is -3.84. The SMILES string of the molecule is COc1cccc2c1CC(=CCCN1CCC3(CC1)OC(=O)Nc1ccc(C)cc13)c1cccnc1O2. The van der Waals surface area contributed by atoms with Gasteiger partial charge in [-0.2, -0.15) is 0 Å². The van der Waals surface area contributed by atoms with Gasteiger partial charge < -0.3 is 19.1 Å². The van der Waals surface area contributed by atoms with E-state index in [9.17, 15) is 4.79 Å². The lowest BCUT2D eigenvalue weighted by Gasteiger charge is -2.44. The number of hydrogen-bond acceptors (Lipinski definition) is 6. The van der Waals surface area contributed by atoms with E-state index in [0.717, 1.165) is 79.2 Å². The number of carbonyl (C=O) groups is 1. The summed E-state index contributed by atoms with van der Waals surface area (Å²) in [6, 6.07) is 16.1. The average molecular weight is 498 g/mol. The zero-order chi connectivity index (χ0) is 25.4. The molecule has 0 unspecified atom stereocenters. The summed E-state index contributed by atoms with van der Waals surface area (Å²) in [5.74, 6) is 2.24. The molecular formula is C30H31N3O4. The van der Waals surface area contributed by atoms with Crippen molar-refractivity contribution in [1.29, 1.82) is 0 Å². The Bertz CT molecular complexity index is 1370. The van der Waals surface area contributed by atoms with Gasteiger partial charge in [-0.1, -0.05) is 23.8 Å². The van der Waals surface area contributed by atoms with Gasteiger partial charge in [-0.15, -0.1) is 0 Å². The number of aryl methyl sites for hydroxylation is 1. The molecule has 1 amide bonds. The van der Waals surface area contributed by atoms with Crippen LogP contribution >= 0.6 is 0 Å². The largest absolute Gasteiger partial charge is 0.496 e. The predicted molar refractivity (Wildman–Crippen MR) is 142 cm³/mol. The van der Waals surface area contributed by atoms with E-state index in [0.29, 0.717) is 5.88 Å². The summed E-state index contributed by atoms with van der Waals surface area (Å²) in [6.45, 7) is 4.76. The molecule has 37 heavy (non-hydrogen) atoms. The highest BCUT2D eigenvalue weighted by atomic mass is 16.6. The number of benzene rings is 2. The van der Waals surface area contributed by atoms with Gasteiger partial charge in [0.05, 0.1) is 12.8 Å². The van der Waals surface area contributed by atoms with Crippen molar-refractivity contribution in [3.63, 3.8) is 0 Å². The van der Waals surface area contributed by atoms with Gasteiger partial charge in [0, 0.05) is 61.8 Å². The van der Waals surface area contributed by atoms with Crippen molar-refractivity contribution in [3.8, 4) is 17.4 Å². The maximum absolute atomic E-state index is 12.3. The third kappa shape index (κ3) is 4.44. The summed E-state index contributed by atoms with van der Waals surface area (Å²) >= 11 is 0. The van der Waals surface area contributed by atoms with Crippen molar-refractivity contribution < 1.29 is 19.0 Å². The monoisotopic (exact) mass is 497 g/mol. The van der Waals surface area contributed by atoms with Gasteiger partial charge >= 0.3 is 6.09 Å². The molecule has 0 bridgehead atoms. The van der Waals surface area contributed by atoms with Crippen molar-refractivity contribution in [2.45, 2.75) is 38.2 Å². The van der Waals surface area contributed by atoms with E-state index in [1.165, 1.54) is 11.1 Å². The van der Waals surface area contributed by atoms with Crippen LogP contribution in [0.5, 0.6) is 17.4 Å². The molecule has 190 valence electrons. The number of amides is 1. The van der Waals surface area contributed by atoms with Crippen LogP contribution in [-0.4, -0.2) is 42.7 Å². The molecule has 7 heteroatoms. The van der Waals surface area contributed by atoms with E-state index in [-0.39, 0.29) is 6.09 Å². The molecule has 4 heterocycles. The third-order valence-electron chi connectivity index (χ3n) is 7.69. The third-order valence-corrected chi connectivity index (χ3v) is 7.69. The van der Waals surface area contributed by atoms with Crippen LogP contribution in [-0.2, 0) is 16.8 Å². The first-order chi connectivity index (χ1) is 18.0. The van der Waals surface area contributed by atoms with Gasteiger partial charge in [0.15, 0.2) is 0 Å². The Labute approximate surface area is 217 Å². The molecule has 1 spiro atoms. The molecule has 6 rings (SSSR count). The molecule has 1 aromatic heterocycles. The average Bonchev–Trinajstić information content (AvgIpc) is 3.07. The quantitative estimate of drug-likeness (QED) is 0.471. The molecule has 0 radical (unpaired) electrons. The van der Waals surface area contributed by atoms with E-state index in [1.807, 2.05) is 36.4 Å². The number of rotatable bonds is 4. The fourth-order valence-corrected chi connectivity index (χ4v) is 5.74. The Balaban J connectivity index is 1.18. The number of carbonyl (C=O) groups excluding carboxylic acids is 1. The minimum atomic E-state index is -0.540. The molecule has 3 aromatic rings. The highest BCUT2D eigenvalue weighted by Crippen LogP contribution is 2.44. The number of piperidine rings is 1. The van der Waals surface area contributed by atoms with Crippen molar-refractivity contribution >= 4 is 17.4 Å². The van der Waals surface area contributed by atoms with Gasteiger partial charge in [0.1, 0.15) is 17.1 Å². The molecule has 0 atom stereocenters. The van der Waals surface area contributed by atoms with Crippen LogP contribution in [0.3, 0.4) is 0 Å². The molecule has 2 aromatic carbocycles. The van der Waals surface area contributed by atoms with Crippen molar-refractivity contribution in [1.82, 2.24) is 9.88 Å². The van der Waals surface area contributed by atoms with Gasteiger partial charge in [0.25, 0.3) is 0 Å². The first-order valence-corrected chi connectivity index (χ1v) is 12.9. The van der Waals surface area contributed by atoms with Gasteiger partial charge in [-0.25, -0.2) is 9.78 Å². The standard InChI is InChI=1S/C30H31N3O4/c1-20-10-11-25-24(18-20)30(37-29(34)32-25)12-16-33(17-13-30)15-5-6-21-19-23-26(35-2)8-3-9-27(23)36-28-22(21)7-4-14-31-28/h3-4,6-11,14,18H,5,12-13,15-17,19H2,1-2H3,(H,32,34). The van der Waals surface area contributed by atoms with E-state index in [4.69, 9.17) is 14.2 Å². The van der Waals surface area contributed by atoms with E-state index >= 15 is 0 Å². The zero-order valence-corrected chi connectivity index (χ0v) is 21.3. The smallest absolute Gasteiger partial charge is 0.412 e. The first-order valence-electron chi connectivity index (χ1n) is 12.9. The summed E-state index contributed by atoms with van der Waals surface area (Å²) in [5.41, 5.74) is 5.86. The van der Waals surface area contributed by atoms with Gasteiger partial charge in [-0.05, 0) is 55.3 Å². The Morgan fingerprint density at radius 2 is 2.03 bits per heavy atom. The number of nitrogens with zero attached hydrogens (tertiary/aromatic N) is 2. The predicted octanol–water partition coefficient (Wildman–Crippen LogP) is 6.07. The van der Waals surface area contributed by atoms with Crippen LogP contribution < -0.4 is 14.8 Å². The van der Waals surface area contributed by atoms with Crippen molar-refractivity contribution in [2.24, 2.45) is 0 Å². The number of pyridine rings is 1. The first kappa shape index (κ1) is 23.6. The molecule has 1 saturated heterocycles. The molecule has 1 fully saturated rings. The maximum atomic E-state index is 12.3. The molecule has 7 nitrogen and oxygen atoms in total. The van der Waals surface area contributed by atoms with E-state index < -0.39 is 5.60 Å². The number of ether oxygens (including phenoxy) is 3. The second-order valence-electron chi connectivity index (χ2n) is 9.99. The summed E-state index contributed by atoms with van der Waals surface area (Å²) in [6.07, 6.45) is 6.92. The maximum Gasteiger partial charge on any atom is 0.412 e. The minimum absolute atomic E-state index is 0.354. The number of fused-ring (bicyclic) bond motifs is 4. The number of hydrogen-bond donors (Lipinski definition) is 1. The Morgan fingerprint density at radius 1 is 1.16 bits per heavy atom. The number of aromatic nitrogens is 1. The second kappa shape index (κ2) is 9.56. The lowest BCUT2D eigenvalue weighted by atomic mass is 9.81.